The van der Waals surface area contributed by atoms with Crippen molar-refractivity contribution >= 4 is 25.8 Å². The summed E-state index contributed by atoms with van der Waals surface area (Å²) in [6.07, 6.45) is 0. The number of benzene rings is 1. The van der Waals surface area contributed by atoms with Crippen molar-refractivity contribution in [3.63, 3.8) is 0 Å². The molecular weight excluding hydrogens is 316 g/mol. The standard InChI is InChI=1S/C12H13BrN2O2S/c1-2-18(16,17)11-10(12(11,15)7-14)8-3-5-9(13)6-4-8/h3-6,10-11H,2,15H2,1H3/t10-,11-,12-/m1/s1. The number of nitrogens with two attached hydrogens (primary N) is 1. The third-order valence-electron chi connectivity index (χ3n) is 3.39. The van der Waals surface area contributed by atoms with Crippen LogP contribution in [0.3, 0.4) is 0 Å². The topological polar surface area (TPSA) is 83.9 Å². The van der Waals surface area contributed by atoms with Crippen LogP contribution in [0.15, 0.2) is 28.7 Å². The van der Waals surface area contributed by atoms with Crippen LogP contribution >= 0.6 is 15.9 Å². The van der Waals surface area contributed by atoms with Crippen LogP contribution in [-0.2, 0) is 9.84 Å². The number of hydrogen-bond donors (Lipinski definition) is 1. The van der Waals surface area contributed by atoms with E-state index in [9.17, 15) is 8.42 Å². The molecule has 0 radical (unpaired) electrons. The van der Waals surface area contributed by atoms with Gasteiger partial charge in [0.15, 0.2) is 9.84 Å². The minimum atomic E-state index is -3.31. The normalized spacial score (nSPS) is 30.8. The summed E-state index contributed by atoms with van der Waals surface area (Å²) in [5.74, 6) is -0.425. The second-order valence-corrected chi connectivity index (χ2v) is 7.77. The van der Waals surface area contributed by atoms with Gasteiger partial charge in [0, 0.05) is 16.1 Å². The molecule has 0 heterocycles. The van der Waals surface area contributed by atoms with E-state index in [-0.39, 0.29) is 5.75 Å². The lowest BCUT2D eigenvalue weighted by molar-refractivity contribution is 0.593. The van der Waals surface area contributed by atoms with Crippen molar-refractivity contribution in [2.45, 2.75) is 23.6 Å². The average molecular weight is 329 g/mol. The maximum Gasteiger partial charge on any atom is 0.156 e. The minimum absolute atomic E-state index is 0.00528. The molecule has 6 heteroatoms. The highest BCUT2D eigenvalue weighted by Crippen LogP contribution is 2.53. The number of sulfone groups is 1. The number of nitrogens with zero attached hydrogens (tertiary/aromatic N) is 1. The van der Waals surface area contributed by atoms with E-state index in [0.717, 1.165) is 10.0 Å². The van der Waals surface area contributed by atoms with Crippen LogP contribution < -0.4 is 5.73 Å². The molecule has 2 N–H and O–H groups in total. The zero-order valence-corrected chi connectivity index (χ0v) is 12.2. The van der Waals surface area contributed by atoms with Gasteiger partial charge in [0.1, 0.15) is 10.8 Å². The predicted octanol–water partition coefficient (Wildman–Crippen LogP) is 1.57. The number of rotatable bonds is 3. The lowest BCUT2D eigenvalue weighted by Gasteiger charge is -2.00. The quantitative estimate of drug-likeness (QED) is 0.912. The van der Waals surface area contributed by atoms with E-state index in [4.69, 9.17) is 11.0 Å². The van der Waals surface area contributed by atoms with Crippen LogP contribution in [-0.4, -0.2) is 25.0 Å². The molecule has 96 valence electrons. The van der Waals surface area contributed by atoms with Crippen LogP contribution in [0.5, 0.6) is 0 Å². The summed E-state index contributed by atoms with van der Waals surface area (Å²) >= 11 is 3.31. The van der Waals surface area contributed by atoms with E-state index < -0.39 is 26.5 Å². The van der Waals surface area contributed by atoms with Gasteiger partial charge in [-0.05, 0) is 17.7 Å². The van der Waals surface area contributed by atoms with E-state index in [1.807, 2.05) is 18.2 Å². The molecule has 1 aromatic rings. The van der Waals surface area contributed by atoms with E-state index >= 15 is 0 Å². The highest BCUT2D eigenvalue weighted by Gasteiger charge is 2.69. The first-order valence-electron chi connectivity index (χ1n) is 5.54. The first kappa shape index (κ1) is 13.5. The Hall–Kier alpha value is -0.900. The molecule has 4 nitrogen and oxygen atoms in total. The van der Waals surface area contributed by atoms with Crippen LogP contribution in [0.25, 0.3) is 0 Å². The Kier molecular flexibility index (Phi) is 3.26. The van der Waals surface area contributed by atoms with Gasteiger partial charge < -0.3 is 5.73 Å². The van der Waals surface area contributed by atoms with Crippen molar-refractivity contribution in [2.75, 3.05) is 5.75 Å². The van der Waals surface area contributed by atoms with Crippen LogP contribution in [0.2, 0.25) is 0 Å². The molecule has 0 aliphatic heterocycles. The lowest BCUT2D eigenvalue weighted by Crippen LogP contribution is -2.29. The molecule has 2 rings (SSSR count). The molecule has 1 saturated carbocycles. The van der Waals surface area contributed by atoms with Gasteiger partial charge in [-0.2, -0.15) is 5.26 Å². The zero-order valence-electron chi connectivity index (χ0n) is 9.80. The van der Waals surface area contributed by atoms with E-state index in [1.165, 1.54) is 0 Å². The zero-order chi connectivity index (χ0) is 13.6. The van der Waals surface area contributed by atoms with Crippen LogP contribution in [0.1, 0.15) is 18.4 Å². The highest BCUT2D eigenvalue weighted by molar-refractivity contribution is 9.10. The molecule has 1 aliphatic carbocycles. The molecule has 3 atom stereocenters. The van der Waals surface area contributed by atoms with Gasteiger partial charge in [0.25, 0.3) is 0 Å². The average Bonchev–Trinajstić information content (AvgIpc) is 2.98. The highest BCUT2D eigenvalue weighted by atomic mass is 79.9. The molecular formula is C12H13BrN2O2S. The second-order valence-electron chi connectivity index (χ2n) is 4.45. The van der Waals surface area contributed by atoms with E-state index in [2.05, 4.69) is 15.9 Å². The van der Waals surface area contributed by atoms with E-state index in [1.54, 1.807) is 19.1 Å². The number of nitriles is 1. The van der Waals surface area contributed by atoms with Crippen molar-refractivity contribution in [1.82, 2.24) is 0 Å². The molecule has 0 bridgehead atoms. The summed E-state index contributed by atoms with van der Waals surface area (Å²) < 4.78 is 24.8. The first-order chi connectivity index (χ1) is 8.36. The smallest absolute Gasteiger partial charge is 0.156 e. The molecule has 0 aromatic heterocycles. The fourth-order valence-corrected chi connectivity index (χ4v) is 4.45. The fraction of sp³-hybridized carbons (Fsp3) is 0.417. The lowest BCUT2D eigenvalue weighted by atomic mass is 10.1. The van der Waals surface area contributed by atoms with Gasteiger partial charge in [-0.15, -0.1) is 0 Å². The summed E-state index contributed by atoms with van der Waals surface area (Å²) in [6, 6.07) is 9.21. The number of hydrogen-bond acceptors (Lipinski definition) is 4. The van der Waals surface area contributed by atoms with Crippen molar-refractivity contribution < 1.29 is 8.42 Å². The SMILES string of the molecule is CCS(=O)(=O)[C@@H]1[C@@H](c2ccc(Br)cc2)[C@]1(N)C#N. The van der Waals surface area contributed by atoms with Gasteiger partial charge in [-0.1, -0.05) is 35.0 Å². The summed E-state index contributed by atoms with van der Waals surface area (Å²) in [5, 5.41) is 8.34. The Morgan fingerprint density at radius 3 is 2.44 bits per heavy atom. The molecule has 0 amide bonds. The van der Waals surface area contributed by atoms with Crippen molar-refractivity contribution in [2.24, 2.45) is 5.73 Å². The summed E-state index contributed by atoms with van der Waals surface area (Å²) in [7, 11) is -3.31. The Labute approximate surface area is 115 Å². The maximum absolute atomic E-state index is 11.9. The molecule has 1 aliphatic rings. The third-order valence-corrected chi connectivity index (χ3v) is 6.16. The van der Waals surface area contributed by atoms with Gasteiger partial charge in [0.2, 0.25) is 0 Å². The predicted molar refractivity (Wildman–Crippen MR) is 72.7 cm³/mol. The molecule has 1 aromatic carbocycles. The third kappa shape index (κ3) is 1.96. The molecule has 1 fully saturated rings. The Bertz CT molecular complexity index is 606. The Balaban J connectivity index is 2.41. The van der Waals surface area contributed by atoms with Crippen LogP contribution in [0, 0.1) is 11.3 Å². The largest absolute Gasteiger partial charge is 0.312 e. The first-order valence-corrected chi connectivity index (χ1v) is 8.05. The van der Waals surface area contributed by atoms with Crippen molar-refractivity contribution in [3.8, 4) is 6.07 Å². The summed E-state index contributed by atoms with van der Waals surface area (Å²) in [4.78, 5) is 0. The summed E-state index contributed by atoms with van der Waals surface area (Å²) in [6.45, 7) is 1.57. The summed E-state index contributed by atoms with van der Waals surface area (Å²) in [5.41, 5.74) is 5.42. The van der Waals surface area contributed by atoms with Crippen molar-refractivity contribution in [3.05, 3.63) is 34.3 Å². The Morgan fingerprint density at radius 2 is 2.00 bits per heavy atom. The monoisotopic (exact) mass is 328 g/mol. The van der Waals surface area contributed by atoms with Gasteiger partial charge in [0.05, 0.1) is 6.07 Å². The molecule has 0 saturated heterocycles. The minimum Gasteiger partial charge on any atom is -0.312 e. The van der Waals surface area contributed by atoms with Gasteiger partial charge in [-0.3, -0.25) is 0 Å². The van der Waals surface area contributed by atoms with Crippen molar-refractivity contribution in [1.29, 1.82) is 5.26 Å². The second kappa shape index (κ2) is 4.34. The van der Waals surface area contributed by atoms with Gasteiger partial charge in [-0.25, -0.2) is 8.42 Å². The van der Waals surface area contributed by atoms with Gasteiger partial charge >= 0.3 is 0 Å². The number of halogens is 1. The maximum atomic E-state index is 11.9. The molecule has 0 spiro atoms. The van der Waals surface area contributed by atoms with E-state index in [0.29, 0.717) is 0 Å². The Morgan fingerprint density at radius 1 is 1.44 bits per heavy atom. The van der Waals surface area contributed by atoms with Crippen LogP contribution in [0.4, 0.5) is 0 Å². The molecule has 0 unspecified atom stereocenters. The fourth-order valence-electron chi connectivity index (χ4n) is 2.31. The molecule has 18 heavy (non-hydrogen) atoms.